The van der Waals surface area contributed by atoms with Gasteiger partial charge in [-0.1, -0.05) is 6.07 Å². The molecular weight excluding hydrogens is 372 g/mol. The van der Waals surface area contributed by atoms with Crippen molar-refractivity contribution in [1.29, 1.82) is 0 Å². The lowest BCUT2D eigenvalue weighted by atomic mass is 9.99. The monoisotopic (exact) mass is 398 g/mol. The highest BCUT2D eigenvalue weighted by atomic mass is 32.1. The van der Waals surface area contributed by atoms with Gasteiger partial charge in [0.1, 0.15) is 5.75 Å². The maximum atomic E-state index is 12.7. The summed E-state index contributed by atoms with van der Waals surface area (Å²) in [5, 5.41) is 3.00. The van der Waals surface area contributed by atoms with Gasteiger partial charge >= 0.3 is 0 Å². The minimum absolute atomic E-state index is 0.0337. The predicted octanol–water partition coefficient (Wildman–Crippen LogP) is 3.88. The molecule has 148 valence electrons. The fourth-order valence-corrected chi connectivity index (χ4v) is 4.36. The zero-order valence-electron chi connectivity index (χ0n) is 16.1. The first-order valence-electron chi connectivity index (χ1n) is 9.98. The summed E-state index contributed by atoms with van der Waals surface area (Å²) in [6.07, 6.45) is 4.19. The van der Waals surface area contributed by atoms with Crippen molar-refractivity contribution >= 4 is 23.2 Å². The molecule has 0 bridgehead atoms. The number of ether oxygens (including phenoxy) is 1. The minimum atomic E-state index is -0.0337. The second-order valence-corrected chi connectivity index (χ2v) is 9.04. The number of piperidine rings is 1. The van der Waals surface area contributed by atoms with Gasteiger partial charge in [0.15, 0.2) is 0 Å². The molecule has 1 atom stereocenters. The third-order valence-electron chi connectivity index (χ3n) is 5.25. The first-order chi connectivity index (χ1) is 13.6. The number of carbonyl (C=O) groups is 2. The third kappa shape index (κ3) is 4.73. The van der Waals surface area contributed by atoms with Crippen LogP contribution < -0.4 is 10.1 Å². The van der Waals surface area contributed by atoms with Crippen molar-refractivity contribution < 1.29 is 14.3 Å². The average molecular weight is 399 g/mol. The molecule has 1 saturated carbocycles. The Hall–Kier alpha value is -2.34. The second kappa shape index (κ2) is 8.35. The van der Waals surface area contributed by atoms with Crippen molar-refractivity contribution in [2.75, 3.05) is 19.7 Å². The maximum absolute atomic E-state index is 12.7. The van der Waals surface area contributed by atoms with Crippen molar-refractivity contribution in [2.24, 2.45) is 5.92 Å². The number of rotatable bonds is 6. The Balaban J connectivity index is 1.32. The molecule has 0 radical (unpaired) electrons. The molecule has 2 aliphatic rings. The number of aryl methyl sites for hydroxylation is 1. The van der Waals surface area contributed by atoms with Crippen molar-refractivity contribution in [3.8, 4) is 5.75 Å². The van der Waals surface area contributed by atoms with Gasteiger partial charge in [0.25, 0.3) is 11.8 Å². The van der Waals surface area contributed by atoms with E-state index in [1.165, 1.54) is 0 Å². The Morgan fingerprint density at radius 1 is 1.21 bits per heavy atom. The molecule has 4 rings (SSSR count). The number of carbonyl (C=O) groups excluding carboxylic acids is 2. The summed E-state index contributed by atoms with van der Waals surface area (Å²) in [5.41, 5.74) is 0.637. The largest absolute Gasteiger partial charge is 0.493 e. The first-order valence-corrected chi connectivity index (χ1v) is 10.8. The number of benzene rings is 1. The van der Waals surface area contributed by atoms with Gasteiger partial charge in [-0.2, -0.15) is 0 Å². The van der Waals surface area contributed by atoms with Gasteiger partial charge < -0.3 is 15.0 Å². The number of hydrogen-bond acceptors (Lipinski definition) is 4. The van der Waals surface area contributed by atoms with E-state index in [1.807, 2.05) is 42.2 Å². The van der Waals surface area contributed by atoms with Crippen molar-refractivity contribution in [3.05, 3.63) is 51.7 Å². The Morgan fingerprint density at radius 3 is 2.82 bits per heavy atom. The number of nitrogens with one attached hydrogen (secondary N) is 1. The molecule has 2 fully saturated rings. The number of thiophene rings is 1. The molecule has 0 unspecified atom stereocenters. The lowest BCUT2D eigenvalue weighted by molar-refractivity contribution is 0.0637. The summed E-state index contributed by atoms with van der Waals surface area (Å²) in [7, 11) is 0. The van der Waals surface area contributed by atoms with E-state index in [0.717, 1.165) is 48.5 Å². The van der Waals surface area contributed by atoms with Crippen LogP contribution in [0, 0.1) is 12.8 Å². The third-order valence-corrected chi connectivity index (χ3v) is 6.24. The van der Waals surface area contributed by atoms with Gasteiger partial charge in [0.2, 0.25) is 0 Å². The quantitative estimate of drug-likeness (QED) is 0.803. The van der Waals surface area contributed by atoms with Crippen molar-refractivity contribution in [3.63, 3.8) is 0 Å². The number of likely N-dealkylation sites (tertiary alicyclic amines) is 1. The molecule has 6 heteroatoms. The first kappa shape index (κ1) is 19.0. The Bertz CT molecular complexity index is 859. The second-order valence-electron chi connectivity index (χ2n) is 7.76. The van der Waals surface area contributed by atoms with E-state index in [-0.39, 0.29) is 11.8 Å². The molecule has 2 heterocycles. The van der Waals surface area contributed by atoms with Crippen LogP contribution in [0.1, 0.15) is 50.6 Å². The molecule has 1 aliphatic carbocycles. The van der Waals surface area contributed by atoms with Crippen LogP contribution in [0.15, 0.2) is 36.4 Å². The van der Waals surface area contributed by atoms with Gasteiger partial charge in [-0.05, 0) is 62.9 Å². The molecule has 5 nitrogen and oxygen atoms in total. The molecule has 2 aromatic rings. The SMILES string of the molecule is Cc1ccc(C(=O)N2CCC[C@H](COc3cccc(C(=O)NC4CC4)c3)C2)s1. The predicted molar refractivity (Wildman–Crippen MR) is 110 cm³/mol. The summed E-state index contributed by atoms with van der Waals surface area (Å²) in [5.74, 6) is 1.11. The van der Waals surface area contributed by atoms with Crippen LogP contribution >= 0.6 is 11.3 Å². The van der Waals surface area contributed by atoms with E-state index in [2.05, 4.69) is 5.32 Å². The molecule has 0 spiro atoms. The molecule has 1 saturated heterocycles. The molecular formula is C22H26N2O3S. The van der Waals surface area contributed by atoms with E-state index >= 15 is 0 Å². The summed E-state index contributed by atoms with van der Waals surface area (Å²) in [4.78, 5) is 28.8. The van der Waals surface area contributed by atoms with Gasteiger partial charge in [0.05, 0.1) is 11.5 Å². The topological polar surface area (TPSA) is 58.6 Å². The molecule has 1 aromatic heterocycles. The van der Waals surface area contributed by atoms with Gasteiger partial charge in [-0.3, -0.25) is 9.59 Å². The molecule has 1 aliphatic heterocycles. The zero-order valence-corrected chi connectivity index (χ0v) is 17.0. The summed E-state index contributed by atoms with van der Waals surface area (Å²) in [6, 6.07) is 11.6. The summed E-state index contributed by atoms with van der Waals surface area (Å²) < 4.78 is 5.98. The van der Waals surface area contributed by atoms with Gasteiger partial charge in [0, 0.05) is 35.5 Å². The molecule has 2 amide bonds. The highest BCUT2D eigenvalue weighted by molar-refractivity contribution is 7.13. The standard InChI is InChI=1S/C22H26N2O3S/c1-15-7-10-20(28-15)22(26)24-11-3-4-16(13-24)14-27-19-6-2-5-17(12-19)21(25)23-18-8-9-18/h2,5-7,10,12,16,18H,3-4,8-9,11,13-14H2,1H3,(H,23,25)/t16-/m0/s1. The van der Waals surface area contributed by atoms with Crippen molar-refractivity contribution in [1.82, 2.24) is 10.2 Å². The van der Waals surface area contributed by atoms with Crippen LogP contribution in [0.4, 0.5) is 0 Å². The van der Waals surface area contributed by atoms with Crippen LogP contribution in [0.2, 0.25) is 0 Å². The lowest BCUT2D eigenvalue weighted by Gasteiger charge is -2.32. The van der Waals surface area contributed by atoms with Crippen molar-refractivity contribution in [2.45, 2.75) is 38.6 Å². The van der Waals surface area contributed by atoms with E-state index in [9.17, 15) is 9.59 Å². The molecule has 1 N–H and O–H groups in total. The Kier molecular flexibility index (Phi) is 5.67. The van der Waals surface area contributed by atoms with Gasteiger partial charge in [-0.25, -0.2) is 0 Å². The maximum Gasteiger partial charge on any atom is 0.263 e. The van der Waals surface area contributed by atoms with Crippen LogP contribution in [0.25, 0.3) is 0 Å². The minimum Gasteiger partial charge on any atom is -0.493 e. The highest BCUT2D eigenvalue weighted by Crippen LogP contribution is 2.24. The van der Waals surface area contributed by atoms with Crippen LogP contribution in [-0.4, -0.2) is 42.5 Å². The van der Waals surface area contributed by atoms with E-state index in [4.69, 9.17) is 4.74 Å². The molecule has 1 aromatic carbocycles. The zero-order chi connectivity index (χ0) is 19.5. The van der Waals surface area contributed by atoms with Gasteiger partial charge in [-0.15, -0.1) is 11.3 Å². The van der Waals surface area contributed by atoms with Crippen LogP contribution in [-0.2, 0) is 0 Å². The average Bonchev–Trinajstić information content (AvgIpc) is 3.43. The molecule has 28 heavy (non-hydrogen) atoms. The van der Waals surface area contributed by atoms with E-state index in [0.29, 0.717) is 29.9 Å². The van der Waals surface area contributed by atoms with Crippen LogP contribution in [0.3, 0.4) is 0 Å². The summed E-state index contributed by atoms with van der Waals surface area (Å²) >= 11 is 1.55. The normalized spacial score (nSPS) is 19.3. The highest BCUT2D eigenvalue weighted by Gasteiger charge is 2.26. The lowest BCUT2D eigenvalue weighted by Crippen LogP contribution is -2.41. The Morgan fingerprint density at radius 2 is 2.07 bits per heavy atom. The number of amides is 2. The Labute approximate surface area is 169 Å². The van der Waals surface area contributed by atoms with E-state index in [1.54, 1.807) is 17.4 Å². The fraction of sp³-hybridized carbons (Fsp3) is 0.455. The smallest absolute Gasteiger partial charge is 0.263 e. The van der Waals surface area contributed by atoms with Crippen LogP contribution in [0.5, 0.6) is 5.75 Å². The summed E-state index contributed by atoms with van der Waals surface area (Å²) in [6.45, 7) is 4.11. The van der Waals surface area contributed by atoms with E-state index < -0.39 is 0 Å². The number of hydrogen-bond donors (Lipinski definition) is 1. The number of nitrogens with zero attached hydrogens (tertiary/aromatic N) is 1. The fourth-order valence-electron chi connectivity index (χ4n) is 3.53.